The van der Waals surface area contributed by atoms with Crippen molar-refractivity contribution in [2.24, 2.45) is 17.3 Å². The number of hydrogen-bond donors (Lipinski definition) is 1. The van der Waals surface area contributed by atoms with Gasteiger partial charge in [0.05, 0.1) is 0 Å². The Kier molecular flexibility index (Phi) is 14.4. The van der Waals surface area contributed by atoms with E-state index in [1.165, 1.54) is 62.6 Å². The summed E-state index contributed by atoms with van der Waals surface area (Å²) >= 11 is 0. The average molecular weight is 390 g/mol. The van der Waals surface area contributed by atoms with Crippen LogP contribution in [-0.2, 0) is 0 Å². The molecular formula is C27H51N. The Balaban J connectivity index is 4.66. The Morgan fingerprint density at radius 1 is 0.857 bits per heavy atom. The molecule has 1 nitrogen and oxygen atoms in total. The van der Waals surface area contributed by atoms with Gasteiger partial charge in [-0.15, -0.1) is 0 Å². The first-order valence-electron chi connectivity index (χ1n) is 12.0. The van der Waals surface area contributed by atoms with Gasteiger partial charge < -0.3 is 5.32 Å². The van der Waals surface area contributed by atoms with Crippen molar-refractivity contribution < 1.29 is 0 Å². The van der Waals surface area contributed by atoms with Crippen molar-refractivity contribution in [3.63, 3.8) is 0 Å². The Bertz CT molecular complexity index is 475. The lowest BCUT2D eigenvalue weighted by molar-refractivity contribution is 0.357. The van der Waals surface area contributed by atoms with Crippen molar-refractivity contribution in [3.05, 3.63) is 35.6 Å². The molecule has 0 rings (SSSR count). The van der Waals surface area contributed by atoms with E-state index in [-0.39, 0.29) is 5.41 Å². The fourth-order valence-electron chi connectivity index (χ4n) is 3.70. The van der Waals surface area contributed by atoms with Gasteiger partial charge in [-0.3, -0.25) is 0 Å². The summed E-state index contributed by atoms with van der Waals surface area (Å²) in [7, 11) is 0. The second kappa shape index (κ2) is 14.9. The zero-order valence-electron chi connectivity index (χ0n) is 20.7. The third-order valence-corrected chi connectivity index (χ3v) is 6.04. The smallest absolute Gasteiger partial charge is 0.0227 e. The van der Waals surface area contributed by atoms with Gasteiger partial charge in [0.1, 0.15) is 0 Å². The molecule has 0 aromatic rings. The normalized spacial score (nSPS) is 17.0. The highest BCUT2D eigenvalue weighted by molar-refractivity contribution is 5.24. The van der Waals surface area contributed by atoms with Crippen LogP contribution >= 0.6 is 0 Å². The van der Waals surface area contributed by atoms with Crippen LogP contribution in [-0.4, -0.2) is 6.04 Å². The summed E-state index contributed by atoms with van der Waals surface area (Å²) in [4.78, 5) is 0. The summed E-state index contributed by atoms with van der Waals surface area (Å²) in [6.07, 6.45) is 19.4. The van der Waals surface area contributed by atoms with E-state index in [1.54, 1.807) is 0 Å². The Morgan fingerprint density at radius 3 is 1.93 bits per heavy atom. The van der Waals surface area contributed by atoms with Gasteiger partial charge in [0.25, 0.3) is 0 Å². The molecule has 0 radical (unpaired) electrons. The molecule has 3 unspecified atom stereocenters. The fourth-order valence-corrected chi connectivity index (χ4v) is 3.70. The van der Waals surface area contributed by atoms with E-state index < -0.39 is 0 Å². The third-order valence-electron chi connectivity index (χ3n) is 6.04. The van der Waals surface area contributed by atoms with E-state index in [2.05, 4.69) is 91.9 Å². The molecule has 0 saturated heterocycles. The van der Waals surface area contributed by atoms with Gasteiger partial charge in [-0.1, -0.05) is 85.6 Å². The summed E-state index contributed by atoms with van der Waals surface area (Å²) < 4.78 is 0. The molecule has 0 bridgehead atoms. The van der Waals surface area contributed by atoms with E-state index in [1.807, 2.05) is 0 Å². The topological polar surface area (TPSA) is 12.0 Å². The van der Waals surface area contributed by atoms with Crippen LogP contribution in [0.4, 0.5) is 0 Å². The molecule has 0 amide bonds. The lowest BCUT2D eigenvalue weighted by Gasteiger charge is -2.28. The summed E-state index contributed by atoms with van der Waals surface area (Å²) in [5.41, 5.74) is 3.22. The molecule has 28 heavy (non-hydrogen) atoms. The zero-order valence-corrected chi connectivity index (χ0v) is 20.7. The van der Waals surface area contributed by atoms with Crippen LogP contribution < -0.4 is 5.32 Å². The Hall–Kier alpha value is -0.980. The van der Waals surface area contributed by atoms with Gasteiger partial charge in [-0.2, -0.15) is 0 Å². The second-order valence-electron chi connectivity index (χ2n) is 9.56. The minimum Gasteiger partial charge on any atom is -0.386 e. The number of rotatable bonds is 14. The van der Waals surface area contributed by atoms with Crippen molar-refractivity contribution in [2.45, 2.75) is 120 Å². The summed E-state index contributed by atoms with van der Waals surface area (Å²) in [6.45, 7) is 20.7. The second-order valence-corrected chi connectivity index (χ2v) is 9.56. The van der Waals surface area contributed by atoms with Crippen molar-refractivity contribution in [1.29, 1.82) is 0 Å². The number of hydrogen-bond acceptors (Lipinski definition) is 1. The maximum atomic E-state index is 3.82. The number of allylic oxidation sites excluding steroid dienone is 6. The molecule has 0 aliphatic heterocycles. The highest BCUT2D eigenvalue weighted by atomic mass is 14.9. The molecule has 0 aliphatic rings. The summed E-state index contributed by atoms with van der Waals surface area (Å²) in [5.74, 6) is 1.43. The quantitative estimate of drug-likeness (QED) is 0.231. The fraction of sp³-hybridized carbons (Fsp3) is 0.778. The monoisotopic (exact) mass is 389 g/mol. The maximum Gasteiger partial charge on any atom is 0.0227 e. The van der Waals surface area contributed by atoms with Gasteiger partial charge in [-0.05, 0) is 69.3 Å². The van der Waals surface area contributed by atoms with E-state index in [9.17, 15) is 0 Å². The van der Waals surface area contributed by atoms with E-state index in [4.69, 9.17) is 0 Å². The van der Waals surface area contributed by atoms with Crippen LogP contribution in [0.1, 0.15) is 114 Å². The molecule has 3 atom stereocenters. The minimum atomic E-state index is 0.247. The molecule has 0 saturated carbocycles. The van der Waals surface area contributed by atoms with Crippen LogP contribution in [0.3, 0.4) is 0 Å². The number of unbranched alkanes of at least 4 members (excludes halogenated alkanes) is 4. The van der Waals surface area contributed by atoms with Gasteiger partial charge in [0.2, 0.25) is 0 Å². The van der Waals surface area contributed by atoms with Gasteiger partial charge in [-0.25, -0.2) is 0 Å². The van der Waals surface area contributed by atoms with Gasteiger partial charge in [0.15, 0.2) is 0 Å². The standard InChI is InChI=1S/C27H51N/c1-10-19-24(27(7,8)9)20-17-15-14-16-18-21-26(28-23(6)12-3)25(13-4)22(5)11-2/h10,19-23,25,28H,11-18H2,1-9H3/b19-10-,24-20+,26-21-. The lowest BCUT2D eigenvalue weighted by Crippen LogP contribution is -2.31. The zero-order chi connectivity index (χ0) is 21.6. The van der Waals surface area contributed by atoms with Crippen molar-refractivity contribution >= 4 is 0 Å². The SMILES string of the molecule is C/C=C\C(=C/CCCCC/C=C(\NC(C)CC)C(CC)C(C)CC)C(C)(C)C. The van der Waals surface area contributed by atoms with Gasteiger partial charge in [0, 0.05) is 17.7 Å². The highest BCUT2D eigenvalue weighted by Gasteiger charge is 2.19. The lowest BCUT2D eigenvalue weighted by atomic mass is 9.85. The summed E-state index contributed by atoms with van der Waals surface area (Å²) in [5, 5.41) is 3.82. The molecule has 0 aromatic carbocycles. The molecule has 0 aliphatic carbocycles. The molecule has 0 heterocycles. The van der Waals surface area contributed by atoms with Crippen LogP contribution in [0.25, 0.3) is 0 Å². The molecule has 1 heteroatoms. The molecule has 0 fully saturated rings. The van der Waals surface area contributed by atoms with Crippen LogP contribution in [0.5, 0.6) is 0 Å². The van der Waals surface area contributed by atoms with Crippen LogP contribution in [0, 0.1) is 17.3 Å². The van der Waals surface area contributed by atoms with E-state index >= 15 is 0 Å². The first kappa shape index (κ1) is 27.0. The minimum absolute atomic E-state index is 0.247. The van der Waals surface area contributed by atoms with Crippen molar-refractivity contribution in [3.8, 4) is 0 Å². The van der Waals surface area contributed by atoms with Crippen molar-refractivity contribution in [2.75, 3.05) is 0 Å². The molecule has 1 N–H and O–H groups in total. The van der Waals surface area contributed by atoms with Crippen molar-refractivity contribution in [1.82, 2.24) is 5.32 Å². The first-order valence-corrected chi connectivity index (χ1v) is 12.0. The Morgan fingerprint density at radius 2 is 1.46 bits per heavy atom. The third kappa shape index (κ3) is 11.1. The van der Waals surface area contributed by atoms with Crippen LogP contribution in [0.2, 0.25) is 0 Å². The average Bonchev–Trinajstić information content (AvgIpc) is 2.65. The predicted molar refractivity (Wildman–Crippen MR) is 130 cm³/mol. The Labute approximate surface area is 178 Å². The predicted octanol–water partition coefficient (Wildman–Crippen LogP) is 8.83. The largest absolute Gasteiger partial charge is 0.386 e. The van der Waals surface area contributed by atoms with Gasteiger partial charge >= 0.3 is 0 Å². The maximum absolute atomic E-state index is 3.82. The molecule has 0 aromatic heterocycles. The number of nitrogens with one attached hydrogen (secondary N) is 1. The summed E-state index contributed by atoms with van der Waals surface area (Å²) in [6, 6.07) is 0.567. The van der Waals surface area contributed by atoms with E-state index in [0.29, 0.717) is 12.0 Å². The molecule has 164 valence electrons. The first-order chi connectivity index (χ1) is 13.2. The molecule has 0 spiro atoms. The van der Waals surface area contributed by atoms with E-state index in [0.717, 1.165) is 5.92 Å². The molecular weight excluding hydrogens is 338 g/mol. The van der Waals surface area contributed by atoms with Crippen LogP contribution in [0.15, 0.2) is 35.6 Å². The highest BCUT2D eigenvalue weighted by Crippen LogP contribution is 2.28.